The van der Waals surface area contributed by atoms with Gasteiger partial charge in [0.15, 0.2) is 0 Å². The van der Waals surface area contributed by atoms with Crippen molar-refractivity contribution < 1.29 is 14.6 Å². The summed E-state index contributed by atoms with van der Waals surface area (Å²) in [6, 6.07) is 3.61. The van der Waals surface area contributed by atoms with Crippen LogP contribution in [0.1, 0.15) is 39.2 Å². The monoisotopic (exact) mass is 365 g/mol. The molecule has 2 aromatic heterocycles. The molecule has 0 radical (unpaired) electrons. The molecule has 0 aromatic carbocycles. The molecule has 7 heteroatoms. The van der Waals surface area contributed by atoms with Crippen LogP contribution in [0, 0.1) is 0 Å². The van der Waals surface area contributed by atoms with E-state index in [9.17, 15) is 9.90 Å². The summed E-state index contributed by atoms with van der Waals surface area (Å²) < 4.78 is 4.55. The van der Waals surface area contributed by atoms with Crippen LogP contribution in [-0.4, -0.2) is 40.2 Å². The second kappa shape index (κ2) is 8.08. The second-order valence-electron chi connectivity index (χ2n) is 6.99. The lowest BCUT2D eigenvalue weighted by Crippen LogP contribution is -2.39. The molecular weight excluding hydrogens is 342 g/mol. The summed E-state index contributed by atoms with van der Waals surface area (Å²) in [6.07, 6.45) is 4.76. The first kappa shape index (κ1) is 19.6. The maximum absolute atomic E-state index is 10.6. The van der Waals surface area contributed by atoms with E-state index in [1.54, 1.807) is 18.5 Å². The first-order valence-electron chi connectivity index (χ1n) is 8.20. The molecule has 1 aliphatic rings. The molecular formula is C18H24ClN3O3. The molecule has 3 rings (SSSR count). The fourth-order valence-electron chi connectivity index (χ4n) is 2.53. The summed E-state index contributed by atoms with van der Waals surface area (Å²) in [4.78, 5) is 18.2. The number of pyridine rings is 2. The molecule has 0 unspecified atom stereocenters. The second-order valence-corrected chi connectivity index (χ2v) is 7.40. The minimum absolute atomic E-state index is 0.318. The number of nitrogens with one attached hydrogen (secondary N) is 1. The van der Waals surface area contributed by atoms with Crippen molar-refractivity contribution in [2.75, 3.05) is 13.1 Å². The lowest BCUT2D eigenvalue weighted by molar-refractivity contribution is -0.138. The number of carbonyl (C=O) groups excluding carboxylic acids is 1. The Bertz CT molecular complexity index is 725. The van der Waals surface area contributed by atoms with Crippen molar-refractivity contribution >= 4 is 29.1 Å². The topological polar surface area (TPSA) is 84.3 Å². The number of nitrogens with zero attached hydrogens (tertiary/aromatic N) is 2. The van der Waals surface area contributed by atoms with Crippen LogP contribution in [-0.2, 0) is 15.1 Å². The first-order valence-corrected chi connectivity index (χ1v) is 8.58. The van der Waals surface area contributed by atoms with Gasteiger partial charge in [-0.25, -0.2) is 0 Å². The number of fused-ring (bicyclic) bond motifs is 1. The van der Waals surface area contributed by atoms with E-state index >= 15 is 0 Å². The Labute approximate surface area is 152 Å². The Balaban J connectivity index is 0.000000277. The minimum atomic E-state index is -0.795. The van der Waals surface area contributed by atoms with Gasteiger partial charge in [0, 0.05) is 18.0 Å². The fraction of sp³-hybridized carbons (Fsp3) is 0.500. The fourth-order valence-corrected chi connectivity index (χ4v) is 2.73. The smallest absolute Gasteiger partial charge is 0.293 e. The molecule has 0 amide bonds. The zero-order valence-electron chi connectivity index (χ0n) is 14.8. The predicted octanol–water partition coefficient (Wildman–Crippen LogP) is 2.81. The summed E-state index contributed by atoms with van der Waals surface area (Å²) in [5, 5.41) is 14.5. The van der Waals surface area contributed by atoms with Gasteiger partial charge in [-0.05, 0) is 58.8 Å². The van der Waals surface area contributed by atoms with Gasteiger partial charge < -0.3 is 15.2 Å². The SMILES string of the molecule is CC(C)(C)OC=O.OC1(c2cnc3c(Cl)ccnc3c2)CCNCC1. The molecule has 0 aliphatic carbocycles. The van der Waals surface area contributed by atoms with E-state index < -0.39 is 5.60 Å². The molecule has 0 atom stereocenters. The predicted molar refractivity (Wildman–Crippen MR) is 97.5 cm³/mol. The highest BCUT2D eigenvalue weighted by atomic mass is 35.5. The number of aliphatic hydroxyl groups is 1. The van der Waals surface area contributed by atoms with E-state index in [-0.39, 0.29) is 5.60 Å². The van der Waals surface area contributed by atoms with E-state index in [2.05, 4.69) is 20.0 Å². The molecule has 1 fully saturated rings. The van der Waals surface area contributed by atoms with Gasteiger partial charge in [0.1, 0.15) is 11.1 Å². The third-order valence-corrected chi connectivity index (χ3v) is 4.20. The van der Waals surface area contributed by atoms with Gasteiger partial charge in [-0.1, -0.05) is 11.6 Å². The Morgan fingerprint density at radius 2 is 2.00 bits per heavy atom. The number of ether oxygens (including phenoxy) is 1. The normalized spacial score (nSPS) is 16.7. The molecule has 25 heavy (non-hydrogen) atoms. The average molecular weight is 366 g/mol. The van der Waals surface area contributed by atoms with Crippen molar-refractivity contribution in [1.82, 2.24) is 15.3 Å². The minimum Gasteiger partial charge on any atom is -0.462 e. The Morgan fingerprint density at radius 3 is 2.56 bits per heavy atom. The molecule has 0 bridgehead atoms. The van der Waals surface area contributed by atoms with Crippen molar-refractivity contribution in [3.05, 3.63) is 35.1 Å². The Kier molecular flexibility index (Phi) is 6.32. The van der Waals surface area contributed by atoms with E-state index in [1.165, 1.54) is 0 Å². The van der Waals surface area contributed by atoms with Crippen LogP contribution < -0.4 is 5.32 Å². The van der Waals surface area contributed by atoms with E-state index in [0.29, 0.717) is 29.9 Å². The van der Waals surface area contributed by atoms with Gasteiger partial charge in [-0.2, -0.15) is 0 Å². The third kappa shape index (κ3) is 5.36. The summed E-state index contributed by atoms with van der Waals surface area (Å²) in [6.45, 7) is 7.55. The Hall–Kier alpha value is -1.76. The van der Waals surface area contributed by atoms with Gasteiger partial charge in [0.25, 0.3) is 6.47 Å². The lowest BCUT2D eigenvalue weighted by Gasteiger charge is -2.32. The molecule has 0 spiro atoms. The molecule has 0 saturated carbocycles. The zero-order chi connectivity index (χ0) is 18.5. The number of aromatic nitrogens is 2. The van der Waals surface area contributed by atoms with E-state index in [1.807, 2.05) is 26.8 Å². The van der Waals surface area contributed by atoms with Gasteiger partial charge in [0.2, 0.25) is 0 Å². The van der Waals surface area contributed by atoms with Gasteiger partial charge in [0.05, 0.1) is 16.1 Å². The molecule has 3 heterocycles. The maximum atomic E-state index is 10.6. The number of rotatable bonds is 2. The van der Waals surface area contributed by atoms with Crippen molar-refractivity contribution in [2.45, 2.75) is 44.8 Å². The van der Waals surface area contributed by atoms with Gasteiger partial charge >= 0.3 is 0 Å². The number of piperidine rings is 1. The summed E-state index contributed by atoms with van der Waals surface area (Å²) in [5.74, 6) is 0. The van der Waals surface area contributed by atoms with Crippen LogP contribution in [0.4, 0.5) is 0 Å². The zero-order valence-corrected chi connectivity index (χ0v) is 15.5. The van der Waals surface area contributed by atoms with Crippen LogP contribution in [0.5, 0.6) is 0 Å². The molecule has 1 saturated heterocycles. The van der Waals surface area contributed by atoms with Crippen molar-refractivity contribution in [3.63, 3.8) is 0 Å². The highest BCUT2D eigenvalue weighted by molar-refractivity contribution is 6.34. The van der Waals surface area contributed by atoms with Crippen LogP contribution in [0.25, 0.3) is 11.0 Å². The van der Waals surface area contributed by atoms with Gasteiger partial charge in [-0.3, -0.25) is 14.8 Å². The molecule has 2 N–H and O–H groups in total. The Morgan fingerprint density at radius 1 is 1.32 bits per heavy atom. The largest absolute Gasteiger partial charge is 0.462 e. The summed E-state index contributed by atoms with van der Waals surface area (Å²) >= 11 is 6.05. The first-order chi connectivity index (χ1) is 11.7. The quantitative estimate of drug-likeness (QED) is 0.796. The van der Waals surface area contributed by atoms with Crippen molar-refractivity contribution in [1.29, 1.82) is 0 Å². The molecule has 136 valence electrons. The van der Waals surface area contributed by atoms with Crippen LogP contribution >= 0.6 is 11.6 Å². The van der Waals surface area contributed by atoms with Crippen molar-refractivity contribution in [2.24, 2.45) is 0 Å². The number of hydrogen-bond donors (Lipinski definition) is 2. The van der Waals surface area contributed by atoms with E-state index in [4.69, 9.17) is 11.6 Å². The van der Waals surface area contributed by atoms with Crippen LogP contribution in [0.3, 0.4) is 0 Å². The lowest BCUT2D eigenvalue weighted by atomic mass is 9.86. The van der Waals surface area contributed by atoms with Crippen molar-refractivity contribution in [3.8, 4) is 0 Å². The molecule has 1 aliphatic heterocycles. The maximum Gasteiger partial charge on any atom is 0.293 e. The number of hydrogen-bond acceptors (Lipinski definition) is 6. The van der Waals surface area contributed by atoms with Crippen LogP contribution in [0.15, 0.2) is 24.5 Å². The standard InChI is InChI=1S/C13H14ClN3O.C5H10O2/c14-10-1-4-16-11-7-9(8-17-12(10)11)13(18)2-5-15-6-3-13;1-5(2,3)7-4-6/h1,4,7-8,15,18H,2-3,5-6H2;4H,1-3H3. The average Bonchev–Trinajstić information content (AvgIpc) is 2.55. The van der Waals surface area contributed by atoms with Crippen LogP contribution in [0.2, 0.25) is 5.02 Å². The highest BCUT2D eigenvalue weighted by Crippen LogP contribution is 2.32. The summed E-state index contributed by atoms with van der Waals surface area (Å²) in [7, 11) is 0. The summed E-state index contributed by atoms with van der Waals surface area (Å²) in [5.41, 5.74) is 1.12. The molecule has 2 aromatic rings. The van der Waals surface area contributed by atoms with Gasteiger partial charge in [-0.15, -0.1) is 0 Å². The third-order valence-electron chi connectivity index (χ3n) is 3.90. The van der Waals surface area contributed by atoms with E-state index in [0.717, 1.165) is 24.2 Å². The number of carbonyl (C=O) groups is 1. The molecule has 6 nitrogen and oxygen atoms in total. The highest BCUT2D eigenvalue weighted by Gasteiger charge is 2.31. The number of halogens is 1.